The molecule has 1 aromatic rings. The Morgan fingerprint density at radius 1 is 1.17 bits per heavy atom. The van der Waals surface area contributed by atoms with Crippen LogP contribution in [0.1, 0.15) is 56.6 Å². The number of benzene rings is 1. The van der Waals surface area contributed by atoms with Crippen LogP contribution in [0.5, 0.6) is 0 Å². The number of piperidine rings is 1. The minimum absolute atomic E-state index is 0.390. The number of hydrogen-bond donors (Lipinski definition) is 2. The van der Waals surface area contributed by atoms with E-state index >= 15 is 0 Å². The highest BCUT2D eigenvalue weighted by Crippen LogP contribution is 2.43. The van der Waals surface area contributed by atoms with Gasteiger partial charge in [-0.2, -0.15) is 0 Å². The maximum Gasteiger partial charge on any atom is 0.191 e. The first-order chi connectivity index (χ1) is 14.1. The number of hydrogen-bond acceptors (Lipinski definition) is 3. The van der Waals surface area contributed by atoms with Crippen molar-refractivity contribution in [2.45, 2.75) is 58.5 Å². The fourth-order valence-electron chi connectivity index (χ4n) is 4.64. The van der Waals surface area contributed by atoms with Crippen LogP contribution in [0.4, 0.5) is 0 Å². The summed E-state index contributed by atoms with van der Waals surface area (Å²) in [5, 5.41) is 7.00. The zero-order chi connectivity index (χ0) is 20.5. The van der Waals surface area contributed by atoms with E-state index in [2.05, 4.69) is 51.7 Å². The van der Waals surface area contributed by atoms with Crippen molar-refractivity contribution in [3.63, 3.8) is 0 Å². The highest BCUT2D eigenvalue weighted by molar-refractivity contribution is 5.79. The van der Waals surface area contributed by atoms with Gasteiger partial charge in [0.15, 0.2) is 5.96 Å². The van der Waals surface area contributed by atoms with Gasteiger partial charge in [-0.1, -0.05) is 37.6 Å². The molecule has 2 fully saturated rings. The smallest absolute Gasteiger partial charge is 0.191 e. The Kier molecular flexibility index (Phi) is 8.37. The van der Waals surface area contributed by atoms with E-state index in [-0.39, 0.29) is 0 Å². The van der Waals surface area contributed by atoms with Crippen molar-refractivity contribution in [2.24, 2.45) is 16.3 Å². The maximum atomic E-state index is 5.30. The summed E-state index contributed by atoms with van der Waals surface area (Å²) >= 11 is 0. The number of aliphatic imine (C=N–C) groups is 1. The molecule has 5 nitrogen and oxygen atoms in total. The van der Waals surface area contributed by atoms with E-state index in [1.165, 1.54) is 56.3 Å². The average Bonchev–Trinajstić information content (AvgIpc) is 2.70. The molecule has 29 heavy (non-hydrogen) atoms. The molecule has 3 rings (SSSR count). The quantitative estimate of drug-likeness (QED) is 0.489. The van der Waals surface area contributed by atoms with Crippen molar-refractivity contribution >= 4 is 5.96 Å². The summed E-state index contributed by atoms with van der Waals surface area (Å²) in [5.41, 5.74) is 3.10. The average molecular weight is 401 g/mol. The van der Waals surface area contributed by atoms with Crippen LogP contribution in [-0.4, -0.2) is 51.3 Å². The molecule has 0 spiro atoms. The molecule has 2 aliphatic rings. The van der Waals surface area contributed by atoms with E-state index in [1.54, 1.807) is 7.11 Å². The lowest BCUT2D eigenvalue weighted by Crippen LogP contribution is -2.46. The van der Waals surface area contributed by atoms with E-state index < -0.39 is 0 Å². The Hall–Kier alpha value is -1.59. The van der Waals surface area contributed by atoms with Crippen molar-refractivity contribution < 1.29 is 4.74 Å². The molecule has 162 valence electrons. The van der Waals surface area contributed by atoms with Crippen LogP contribution in [0.3, 0.4) is 0 Å². The van der Waals surface area contributed by atoms with Crippen LogP contribution in [-0.2, 0) is 17.8 Å². The van der Waals surface area contributed by atoms with Crippen molar-refractivity contribution in [1.82, 2.24) is 15.5 Å². The zero-order valence-electron chi connectivity index (χ0n) is 18.7. The third kappa shape index (κ3) is 6.71. The van der Waals surface area contributed by atoms with Crippen LogP contribution in [0.2, 0.25) is 0 Å². The minimum Gasteiger partial charge on any atom is -0.385 e. The Morgan fingerprint density at radius 2 is 1.93 bits per heavy atom. The fourth-order valence-corrected chi connectivity index (χ4v) is 4.64. The maximum absolute atomic E-state index is 5.30. The molecule has 0 aromatic heterocycles. The topological polar surface area (TPSA) is 48.9 Å². The number of nitrogens with one attached hydrogen (secondary N) is 2. The number of methoxy groups -OCH3 is 1. The van der Waals surface area contributed by atoms with E-state index in [9.17, 15) is 0 Å². The predicted octanol–water partition coefficient (Wildman–Crippen LogP) is 3.79. The second kappa shape index (κ2) is 11.0. The first-order valence-electron chi connectivity index (χ1n) is 11.4. The normalized spacial score (nSPS) is 22.2. The molecular formula is C24H40N4O. The van der Waals surface area contributed by atoms with Crippen LogP contribution in [0.15, 0.2) is 29.3 Å². The van der Waals surface area contributed by atoms with Crippen molar-refractivity contribution in [3.05, 3.63) is 35.4 Å². The van der Waals surface area contributed by atoms with Gasteiger partial charge in [-0.15, -0.1) is 0 Å². The van der Waals surface area contributed by atoms with Gasteiger partial charge in [0, 0.05) is 46.9 Å². The number of rotatable bonds is 9. The Bertz CT molecular complexity index is 639. The van der Waals surface area contributed by atoms with Crippen molar-refractivity contribution in [1.29, 1.82) is 0 Å². The predicted molar refractivity (Wildman–Crippen MR) is 121 cm³/mol. The summed E-state index contributed by atoms with van der Waals surface area (Å²) in [6, 6.07) is 9.05. The van der Waals surface area contributed by atoms with Gasteiger partial charge >= 0.3 is 0 Å². The monoisotopic (exact) mass is 400 g/mol. The molecule has 1 saturated carbocycles. The zero-order valence-corrected chi connectivity index (χ0v) is 18.7. The van der Waals surface area contributed by atoms with E-state index in [0.29, 0.717) is 5.41 Å². The van der Waals surface area contributed by atoms with Gasteiger partial charge in [-0.25, -0.2) is 0 Å². The molecule has 2 N–H and O–H groups in total. The van der Waals surface area contributed by atoms with Gasteiger partial charge < -0.3 is 15.4 Å². The minimum atomic E-state index is 0.390. The summed E-state index contributed by atoms with van der Waals surface area (Å²) in [4.78, 5) is 6.99. The summed E-state index contributed by atoms with van der Waals surface area (Å²) < 4.78 is 5.30. The summed E-state index contributed by atoms with van der Waals surface area (Å²) in [6.45, 7) is 8.53. The number of guanidine groups is 1. The molecule has 1 atom stereocenters. The highest BCUT2D eigenvalue weighted by atomic mass is 16.5. The van der Waals surface area contributed by atoms with Crippen LogP contribution in [0, 0.1) is 11.3 Å². The van der Waals surface area contributed by atoms with Gasteiger partial charge in [0.05, 0.1) is 0 Å². The molecular weight excluding hydrogens is 360 g/mol. The molecule has 1 unspecified atom stereocenters. The molecule has 1 aliphatic heterocycles. The summed E-state index contributed by atoms with van der Waals surface area (Å²) in [5.74, 6) is 1.72. The second-order valence-corrected chi connectivity index (χ2v) is 9.17. The molecule has 1 saturated heterocycles. The molecule has 0 bridgehead atoms. The second-order valence-electron chi connectivity index (χ2n) is 9.17. The molecule has 1 aromatic carbocycles. The summed E-state index contributed by atoms with van der Waals surface area (Å²) in [6.07, 6.45) is 7.76. The standard InChI is InChI=1S/C24H40N4O/c1-20-6-4-14-28(17-20)18-22-9-7-21(8-10-22)16-26-23(25-2)27-19-24(11-5-12-24)13-15-29-3/h7-10,20H,4-6,11-19H2,1-3H3,(H2,25,26,27). The molecule has 0 amide bonds. The lowest BCUT2D eigenvalue weighted by atomic mass is 9.67. The fraction of sp³-hybridized carbons (Fsp3) is 0.708. The third-order valence-corrected chi connectivity index (χ3v) is 6.74. The van der Waals surface area contributed by atoms with Gasteiger partial charge in [0.25, 0.3) is 0 Å². The Labute approximate surface area is 177 Å². The third-order valence-electron chi connectivity index (χ3n) is 6.74. The van der Waals surface area contributed by atoms with Gasteiger partial charge in [-0.3, -0.25) is 9.89 Å². The largest absolute Gasteiger partial charge is 0.385 e. The lowest BCUT2D eigenvalue weighted by molar-refractivity contribution is 0.0732. The summed E-state index contributed by atoms with van der Waals surface area (Å²) in [7, 11) is 3.64. The molecule has 1 heterocycles. The lowest BCUT2D eigenvalue weighted by Gasteiger charge is -2.42. The molecule has 0 radical (unpaired) electrons. The molecule has 1 aliphatic carbocycles. The van der Waals surface area contributed by atoms with E-state index in [4.69, 9.17) is 4.74 Å². The van der Waals surface area contributed by atoms with Crippen LogP contribution in [0.25, 0.3) is 0 Å². The number of nitrogens with zero attached hydrogens (tertiary/aromatic N) is 2. The van der Waals surface area contributed by atoms with E-state index in [0.717, 1.165) is 44.5 Å². The van der Waals surface area contributed by atoms with Crippen LogP contribution >= 0.6 is 0 Å². The van der Waals surface area contributed by atoms with Gasteiger partial charge in [0.2, 0.25) is 0 Å². The first kappa shape index (κ1) is 22.1. The SMILES string of the molecule is CN=C(NCc1ccc(CN2CCCC(C)C2)cc1)NCC1(CCOC)CCC1. The highest BCUT2D eigenvalue weighted by Gasteiger charge is 2.36. The van der Waals surface area contributed by atoms with Crippen LogP contribution < -0.4 is 10.6 Å². The number of likely N-dealkylation sites (tertiary alicyclic amines) is 1. The van der Waals surface area contributed by atoms with E-state index in [1.807, 2.05) is 7.05 Å². The van der Waals surface area contributed by atoms with Crippen molar-refractivity contribution in [3.8, 4) is 0 Å². The molecule has 5 heteroatoms. The van der Waals surface area contributed by atoms with Crippen molar-refractivity contribution in [2.75, 3.05) is 40.4 Å². The van der Waals surface area contributed by atoms with Gasteiger partial charge in [-0.05, 0) is 61.1 Å². The Balaban J connectivity index is 1.42. The van der Waals surface area contributed by atoms with Gasteiger partial charge in [0.1, 0.15) is 0 Å². The number of ether oxygens (including phenoxy) is 1. The Morgan fingerprint density at radius 3 is 2.55 bits per heavy atom. The first-order valence-corrected chi connectivity index (χ1v) is 11.4.